The largest absolute Gasteiger partial charge is 0.384 e. The van der Waals surface area contributed by atoms with Gasteiger partial charge in [-0.15, -0.1) is 0 Å². The zero-order valence-corrected chi connectivity index (χ0v) is 21.1. The number of benzene rings is 2. The van der Waals surface area contributed by atoms with Crippen LogP contribution in [0.5, 0.6) is 0 Å². The Balaban J connectivity index is 1.68. The zero-order valence-electron chi connectivity index (χ0n) is 19.6. The summed E-state index contributed by atoms with van der Waals surface area (Å²) in [6.07, 6.45) is 0.628. The molecular formula is C26H32Cl2N2O3. The van der Waals surface area contributed by atoms with Gasteiger partial charge in [0.15, 0.2) is 0 Å². The van der Waals surface area contributed by atoms with Crippen molar-refractivity contribution in [1.29, 1.82) is 0 Å². The number of aliphatic hydroxyl groups is 1. The number of likely N-dealkylation sites (tertiary alicyclic amines) is 1. The summed E-state index contributed by atoms with van der Waals surface area (Å²) in [5, 5.41) is 15.7. The molecule has 0 saturated carbocycles. The molecule has 0 aliphatic carbocycles. The minimum Gasteiger partial charge on any atom is -0.384 e. The zero-order chi connectivity index (χ0) is 24.4. The van der Waals surface area contributed by atoms with Crippen LogP contribution in [0.25, 0.3) is 0 Å². The second-order valence-electron chi connectivity index (χ2n) is 9.85. The molecule has 0 bridgehead atoms. The second kappa shape index (κ2) is 10.0. The van der Waals surface area contributed by atoms with E-state index in [0.717, 1.165) is 5.56 Å². The van der Waals surface area contributed by atoms with Crippen LogP contribution in [0.4, 0.5) is 0 Å². The first-order valence-corrected chi connectivity index (χ1v) is 12.0. The van der Waals surface area contributed by atoms with Crippen molar-refractivity contribution in [2.75, 3.05) is 13.1 Å². The van der Waals surface area contributed by atoms with Gasteiger partial charge in [-0.05, 0) is 54.3 Å². The Kier molecular flexibility index (Phi) is 7.77. The predicted octanol–water partition coefficient (Wildman–Crippen LogP) is 5.28. The number of piperidine rings is 1. The molecule has 1 heterocycles. The first kappa shape index (κ1) is 25.5. The van der Waals surface area contributed by atoms with Gasteiger partial charge in [0.25, 0.3) is 5.91 Å². The smallest absolute Gasteiger partial charge is 0.251 e. The number of hydrogen-bond donors (Lipinski definition) is 2. The van der Waals surface area contributed by atoms with Gasteiger partial charge in [0.1, 0.15) is 0 Å². The van der Waals surface area contributed by atoms with Crippen LogP contribution in [0, 0.1) is 11.3 Å². The monoisotopic (exact) mass is 490 g/mol. The summed E-state index contributed by atoms with van der Waals surface area (Å²) in [4.78, 5) is 27.7. The van der Waals surface area contributed by atoms with E-state index < -0.39 is 11.0 Å². The van der Waals surface area contributed by atoms with Crippen LogP contribution in [0.2, 0.25) is 10.0 Å². The quantitative estimate of drug-likeness (QED) is 0.578. The van der Waals surface area contributed by atoms with Crippen LogP contribution >= 0.6 is 23.2 Å². The van der Waals surface area contributed by atoms with E-state index in [2.05, 4.69) is 5.32 Å². The van der Waals surface area contributed by atoms with Crippen LogP contribution in [0.1, 0.15) is 56.5 Å². The van der Waals surface area contributed by atoms with Crippen LogP contribution in [-0.4, -0.2) is 41.0 Å². The normalized spacial score (nSPS) is 21.0. The van der Waals surface area contributed by atoms with Crippen molar-refractivity contribution in [3.05, 3.63) is 69.7 Å². The number of rotatable bonds is 6. The third-order valence-corrected chi connectivity index (χ3v) is 7.25. The molecule has 2 aromatic rings. The number of carbonyl (C=O) groups excluding carboxylic acids is 2. The van der Waals surface area contributed by atoms with Gasteiger partial charge in [0, 0.05) is 46.6 Å². The Bertz CT molecular complexity index is 990. The molecule has 2 atom stereocenters. The highest BCUT2D eigenvalue weighted by Crippen LogP contribution is 2.46. The van der Waals surface area contributed by atoms with Gasteiger partial charge in [0.2, 0.25) is 5.91 Å². The van der Waals surface area contributed by atoms with E-state index in [-0.39, 0.29) is 30.2 Å². The summed E-state index contributed by atoms with van der Waals surface area (Å²) in [6, 6.07) is 13.6. The van der Waals surface area contributed by atoms with Crippen molar-refractivity contribution in [3.8, 4) is 0 Å². The van der Waals surface area contributed by atoms with Gasteiger partial charge in [-0.2, -0.15) is 0 Å². The molecule has 1 aliphatic heterocycles. The Hall–Kier alpha value is -2.08. The minimum absolute atomic E-state index is 0.0312. The molecule has 0 aromatic heterocycles. The van der Waals surface area contributed by atoms with E-state index in [4.69, 9.17) is 23.2 Å². The second-order valence-corrected chi connectivity index (χ2v) is 10.7. The average Bonchev–Trinajstić information content (AvgIpc) is 2.75. The fourth-order valence-corrected chi connectivity index (χ4v) is 4.67. The summed E-state index contributed by atoms with van der Waals surface area (Å²) >= 11 is 11.9. The summed E-state index contributed by atoms with van der Waals surface area (Å²) < 4.78 is 0. The van der Waals surface area contributed by atoms with E-state index in [0.29, 0.717) is 35.1 Å². The maximum atomic E-state index is 13.2. The number of hydrogen-bond acceptors (Lipinski definition) is 3. The van der Waals surface area contributed by atoms with E-state index in [9.17, 15) is 14.7 Å². The molecule has 5 nitrogen and oxygen atoms in total. The Morgan fingerprint density at radius 2 is 1.58 bits per heavy atom. The topological polar surface area (TPSA) is 69.6 Å². The highest BCUT2D eigenvalue weighted by molar-refractivity contribution is 6.30. The van der Waals surface area contributed by atoms with Crippen molar-refractivity contribution in [2.45, 2.75) is 52.2 Å². The standard InChI is InChI=1S/C26H32Cl2N2O3/c1-17(2)22(29-24(32)18-5-9-20(27)10-6-18)15-23(31)30-14-13-26(33,25(3,4)16-30)19-7-11-21(28)12-8-19/h5-12,17,22,33H,13-16H2,1-4H3,(H,29,32). The lowest BCUT2D eigenvalue weighted by Gasteiger charge is -2.50. The summed E-state index contributed by atoms with van der Waals surface area (Å²) in [7, 11) is 0. The number of amides is 2. The van der Waals surface area contributed by atoms with E-state index in [1.54, 1.807) is 41.3 Å². The molecule has 1 aliphatic rings. The van der Waals surface area contributed by atoms with Crippen LogP contribution in [0.15, 0.2) is 48.5 Å². The van der Waals surface area contributed by atoms with Crippen molar-refractivity contribution in [2.24, 2.45) is 11.3 Å². The fourth-order valence-electron chi connectivity index (χ4n) is 4.42. The fraction of sp³-hybridized carbons (Fsp3) is 0.462. The minimum atomic E-state index is -1.06. The summed E-state index contributed by atoms with van der Waals surface area (Å²) in [6.45, 7) is 8.78. The van der Waals surface area contributed by atoms with Gasteiger partial charge in [-0.25, -0.2) is 0 Å². The molecular weight excluding hydrogens is 459 g/mol. The molecule has 2 amide bonds. The molecule has 1 saturated heterocycles. The predicted molar refractivity (Wildman–Crippen MR) is 132 cm³/mol. The molecule has 33 heavy (non-hydrogen) atoms. The number of nitrogens with one attached hydrogen (secondary N) is 1. The first-order chi connectivity index (χ1) is 15.4. The van der Waals surface area contributed by atoms with E-state index in [1.807, 2.05) is 39.8 Å². The summed E-state index contributed by atoms with van der Waals surface area (Å²) in [5.41, 5.74) is -0.313. The van der Waals surface area contributed by atoms with Gasteiger partial charge >= 0.3 is 0 Å². The molecule has 2 N–H and O–H groups in total. The third-order valence-electron chi connectivity index (χ3n) is 6.75. The maximum absolute atomic E-state index is 13.2. The highest BCUT2D eigenvalue weighted by atomic mass is 35.5. The molecule has 178 valence electrons. The van der Waals surface area contributed by atoms with Crippen molar-refractivity contribution in [3.63, 3.8) is 0 Å². The maximum Gasteiger partial charge on any atom is 0.251 e. The molecule has 0 spiro atoms. The van der Waals surface area contributed by atoms with Crippen molar-refractivity contribution in [1.82, 2.24) is 10.2 Å². The SMILES string of the molecule is CC(C)C(CC(=O)N1CCC(O)(c2ccc(Cl)cc2)C(C)(C)C1)NC(=O)c1ccc(Cl)cc1. The van der Waals surface area contributed by atoms with Gasteiger partial charge in [-0.3, -0.25) is 9.59 Å². The van der Waals surface area contributed by atoms with Gasteiger partial charge in [-0.1, -0.05) is 63.0 Å². The van der Waals surface area contributed by atoms with Crippen LogP contribution < -0.4 is 5.32 Å². The van der Waals surface area contributed by atoms with E-state index in [1.165, 1.54) is 0 Å². The molecule has 2 unspecified atom stereocenters. The van der Waals surface area contributed by atoms with Crippen molar-refractivity contribution >= 4 is 35.0 Å². The molecule has 0 radical (unpaired) electrons. The van der Waals surface area contributed by atoms with Crippen LogP contribution in [0.3, 0.4) is 0 Å². The highest BCUT2D eigenvalue weighted by Gasteiger charge is 2.49. The molecule has 2 aromatic carbocycles. The van der Waals surface area contributed by atoms with Gasteiger partial charge in [0.05, 0.1) is 5.60 Å². The summed E-state index contributed by atoms with van der Waals surface area (Å²) in [5.74, 6) is -0.181. The molecule has 7 heteroatoms. The third kappa shape index (κ3) is 5.71. The van der Waals surface area contributed by atoms with Crippen molar-refractivity contribution < 1.29 is 14.7 Å². The van der Waals surface area contributed by atoms with E-state index >= 15 is 0 Å². The first-order valence-electron chi connectivity index (χ1n) is 11.3. The lowest BCUT2D eigenvalue weighted by atomic mass is 9.66. The average molecular weight is 491 g/mol. The number of carbonyl (C=O) groups is 2. The Morgan fingerprint density at radius 1 is 1.03 bits per heavy atom. The number of nitrogens with zero attached hydrogens (tertiary/aromatic N) is 1. The number of halogens is 2. The molecule has 3 rings (SSSR count). The van der Waals surface area contributed by atoms with Gasteiger partial charge < -0.3 is 15.3 Å². The Morgan fingerprint density at radius 3 is 2.09 bits per heavy atom. The molecule has 1 fully saturated rings. The van der Waals surface area contributed by atoms with Crippen LogP contribution in [-0.2, 0) is 10.4 Å². The lowest BCUT2D eigenvalue weighted by molar-refractivity contribution is -0.153. The Labute approximate surface area is 206 Å². The lowest BCUT2D eigenvalue weighted by Crippen LogP contribution is -2.57.